The van der Waals surface area contributed by atoms with Crippen molar-refractivity contribution in [3.8, 4) is 11.5 Å². The standard InChI is InChI=1S/C22H27NO3/c1-3-21(26-20-12-8-16(2)9-13-20)22(24)23-17-10-14-19(15-11-17)25-18-6-4-5-7-18/h8-15,18,21H,3-7H2,1-2H3,(H,23,24)/t21-/m1/s1. The Labute approximate surface area is 155 Å². The highest BCUT2D eigenvalue weighted by atomic mass is 16.5. The van der Waals surface area contributed by atoms with Gasteiger partial charge in [-0.05, 0) is 75.4 Å². The van der Waals surface area contributed by atoms with Crippen LogP contribution in [-0.4, -0.2) is 18.1 Å². The first-order chi connectivity index (χ1) is 12.6. The highest BCUT2D eigenvalue weighted by Crippen LogP contribution is 2.25. The van der Waals surface area contributed by atoms with Gasteiger partial charge in [0.2, 0.25) is 0 Å². The van der Waals surface area contributed by atoms with Crippen LogP contribution in [0.2, 0.25) is 0 Å². The number of aryl methyl sites for hydroxylation is 1. The molecule has 1 aliphatic rings. The minimum Gasteiger partial charge on any atom is -0.490 e. The van der Waals surface area contributed by atoms with Gasteiger partial charge < -0.3 is 14.8 Å². The summed E-state index contributed by atoms with van der Waals surface area (Å²) in [5.74, 6) is 1.42. The molecule has 0 unspecified atom stereocenters. The van der Waals surface area contributed by atoms with Crippen LogP contribution in [-0.2, 0) is 4.79 Å². The number of benzene rings is 2. The SMILES string of the molecule is CC[C@@H](Oc1ccc(C)cc1)C(=O)Nc1ccc(OC2CCCC2)cc1. The molecule has 0 heterocycles. The zero-order chi connectivity index (χ0) is 18.4. The number of ether oxygens (including phenoxy) is 2. The lowest BCUT2D eigenvalue weighted by molar-refractivity contribution is -0.122. The summed E-state index contributed by atoms with van der Waals surface area (Å²) in [7, 11) is 0. The van der Waals surface area contributed by atoms with Gasteiger partial charge >= 0.3 is 0 Å². The van der Waals surface area contributed by atoms with E-state index in [9.17, 15) is 4.79 Å². The molecule has 3 rings (SSSR count). The third-order valence-electron chi connectivity index (χ3n) is 4.69. The zero-order valence-corrected chi connectivity index (χ0v) is 15.5. The summed E-state index contributed by atoms with van der Waals surface area (Å²) in [5, 5.41) is 2.93. The maximum atomic E-state index is 12.5. The molecule has 1 saturated carbocycles. The highest BCUT2D eigenvalue weighted by Gasteiger charge is 2.19. The number of nitrogens with one attached hydrogen (secondary N) is 1. The van der Waals surface area contributed by atoms with Crippen LogP contribution in [0.15, 0.2) is 48.5 Å². The summed E-state index contributed by atoms with van der Waals surface area (Å²) in [5.41, 5.74) is 1.91. The van der Waals surface area contributed by atoms with Gasteiger partial charge in [0, 0.05) is 5.69 Å². The average Bonchev–Trinajstić information content (AvgIpc) is 3.16. The van der Waals surface area contributed by atoms with Crippen molar-refractivity contribution in [3.05, 3.63) is 54.1 Å². The third-order valence-corrected chi connectivity index (χ3v) is 4.69. The Morgan fingerprint density at radius 2 is 1.65 bits per heavy atom. The van der Waals surface area contributed by atoms with Crippen molar-refractivity contribution in [1.82, 2.24) is 0 Å². The van der Waals surface area contributed by atoms with Gasteiger partial charge in [-0.1, -0.05) is 24.6 Å². The van der Waals surface area contributed by atoms with Crippen molar-refractivity contribution >= 4 is 11.6 Å². The first-order valence-electron chi connectivity index (χ1n) is 9.45. The van der Waals surface area contributed by atoms with Gasteiger partial charge in [0.1, 0.15) is 11.5 Å². The minimum absolute atomic E-state index is 0.141. The maximum absolute atomic E-state index is 12.5. The molecule has 0 saturated heterocycles. The molecule has 1 amide bonds. The number of carbonyl (C=O) groups excluding carboxylic acids is 1. The van der Waals surface area contributed by atoms with E-state index in [1.165, 1.54) is 12.8 Å². The number of carbonyl (C=O) groups is 1. The summed E-state index contributed by atoms with van der Waals surface area (Å²) in [6.07, 6.45) is 5.17. The van der Waals surface area contributed by atoms with Gasteiger partial charge in [0.15, 0.2) is 6.10 Å². The van der Waals surface area contributed by atoms with Crippen molar-refractivity contribution in [3.63, 3.8) is 0 Å². The average molecular weight is 353 g/mol. The molecule has 138 valence electrons. The molecule has 4 nitrogen and oxygen atoms in total. The van der Waals surface area contributed by atoms with E-state index in [1.807, 2.05) is 62.4 Å². The molecule has 2 aromatic carbocycles. The monoisotopic (exact) mass is 353 g/mol. The van der Waals surface area contributed by atoms with Gasteiger partial charge in [0.05, 0.1) is 6.10 Å². The van der Waals surface area contributed by atoms with Crippen LogP contribution in [0.5, 0.6) is 11.5 Å². The predicted octanol–water partition coefficient (Wildman–Crippen LogP) is 5.11. The first-order valence-corrected chi connectivity index (χ1v) is 9.45. The molecular weight excluding hydrogens is 326 g/mol. The van der Waals surface area contributed by atoms with Crippen molar-refractivity contribution < 1.29 is 14.3 Å². The number of amides is 1. The number of anilines is 1. The van der Waals surface area contributed by atoms with Crippen LogP contribution in [0.3, 0.4) is 0 Å². The summed E-state index contributed by atoms with van der Waals surface area (Å²) >= 11 is 0. The normalized spacial score (nSPS) is 15.5. The van der Waals surface area contributed by atoms with Gasteiger partial charge in [0.25, 0.3) is 5.91 Å². The largest absolute Gasteiger partial charge is 0.490 e. The van der Waals surface area contributed by atoms with Gasteiger partial charge in [-0.3, -0.25) is 4.79 Å². The molecule has 1 aliphatic carbocycles. The molecule has 26 heavy (non-hydrogen) atoms. The summed E-state index contributed by atoms with van der Waals surface area (Å²) < 4.78 is 11.8. The first kappa shape index (κ1) is 18.3. The van der Waals surface area contributed by atoms with Crippen LogP contribution in [0.4, 0.5) is 5.69 Å². The lowest BCUT2D eigenvalue weighted by Crippen LogP contribution is -2.32. The van der Waals surface area contributed by atoms with E-state index in [0.29, 0.717) is 18.3 Å². The molecular formula is C22H27NO3. The number of hydrogen-bond acceptors (Lipinski definition) is 3. The van der Waals surface area contributed by atoms with E-state index in [4.69, 9.17) is 9.47 Å². The second-order valence-electron chi connectivity index (χ2n) is 6.87. The molecule has 0 aromatic heterocycles. The summed E-state index contributed by atoms with van der Waals surface area (Å²) in [6.45, 7) is 3.96. The van der Waals surface area contributed by atoms with Gasteiger partial charge in [-0.25, -0.2) is 0 Å². The lowest BCUT2D eigenvalue weighted by Gasteiger charge is -2.18. The zero-order valence-electron chi connectivity index (χ0n) is 15.5. The fourth-order valence-corrected chi connectivity index (χ4v) is 3.14. The Morgan fingerprint density at radius 3 is 2.27 bits per heavy atom. The lowest BCUT2D eigenvalue weighted by atomic mass is 10.2. The second-order valence-corrected chi connectivity index (χ2v) is 6.87. The summed E-state index contributed by atoms with van der Waals surface area (Å²) in [4.78, 5) is 12.5. The molecule has 0 bridgehead atoms. The smallest absolute Gasteiger partial charge is 0.265 e. The van der Waals surface area contributed by atoms with Crippen LogP contribution in [0.1, 0.15) is 44.6 Å². The number of hydrogen-bond donors (Lipinski definition) is 1. The highest BCUT2D eigenvalue weighted by molar-refractivity contribution is 5.94. The Bertz CT molecular complexity index is 703. The minimum atomic E-state index is -0.521. The molecule has 0 spiro atoms. The molecule has 1 fully saturated rings. The van der Waals surface area contributed by atoms with Gasteiger partial charge in [-0.2, -0.15) is 0 Å². The Hall–Kier alpha value is -2.49. The van der Waals surface area contributed by atoms with E-state index >= 15 is 0 Å². The van der Waals surface area contributed by atoms with Crippen LogP contribution in [0, 0.1) is 6.92 Å². The maximum Gasteiger partial charge on any atom is 0.265 e. The summed E-state index contributed by atoms with van der Waals surface area (Å²) in [6, 6.07) is 15.3. The van der Waals surface area contributed by atoms with Crippen LogP contribution < -0.4 is 14.8 Å². The number of rotatable bonds is 7. The molecule has 4 heteroatoms. The molecule has 0 radical (unpaired) electrons. The van der Waals surface area contributed by atoms with Crippen molar-refractivity contribution in [2.24, 2.45) is 0 Å². The Morgan fingerprint density at radius 1 is 1.04 bits per heavy atom. The second kappa shape index (κ2) is 8.75. The fraction of sp³-hybridized carbons (Fsp3) is 0.409. The van der Waals surface area contributed by atoms with E-state index in [-0.39, 0.29) is 5.91 Å². The Balaban J connectivity index is 1.55. The van der Waals surface area contributed by atoms with Crippen molar-refractivity contribution in [2.75, 3.05) is 5.32 Å². The van der Waals surface area contributed by atoms with Gasteiger partial charge in [-0.15, -0.1) is 0 Å². The van der Waals surface area contributed by atoms with Crippen LogP contribution in [0.25, 0.3) is 0 Å². The predicted molar refractivity (Wildman–Crippen MR) is 104 cm³/mol. The van der Waals surface area contributed by atoms with Crippen molar-refractivity contribution in [2.45, 2.75) is 58.2 Å². The third kappa shape index (κ3) is 5.01. The topological polar surface area (TPSA) is 47.6 Å². The molecule has 0 aliphatic heterocycles. The van der Waals surface area contributed by atoms with E-state index < -0.39 is 6.10 Å². The fourth-order valence-electron chi connectivity index (χ4n) is 3.14. The van der Waals surface area contributed by atoms with Crippen molar-refractivity contribution in [1.29, 1.82) is 0 Å². The molecule has 1 atom stereocenters. The molecule has 2 aromatic rings. The van der Waals surface area contributed by atoms with E-state index in [1.54, 1.807) is 0 Å². The van der Waals surface area contributed by atoms with Crippen LogP contribution >= 0.6 is 0 Å². The quantitative estimate of drug-likeness (QED) is 0.752. The van der Waals surface area contributed by atoms with E-state index in [2.05, 4.69) is 5.32 Å². The molecule has 1 N–H and O–H groups in total. The Kier molecular flexibility index (Phi) is 6.16. The van der Waals surface area contributed by atoms with E-state index in [0.717, 1.165) is 29.8 Å².